The second-order valence-corrected chi connectivity index (χ2v) is 6.88. The molecule has 0 amide bonds. The van der Waals surface area contributed by atoms with Gasteiger partial charge in [0.15, 0.2) is 0 Å². The molecule has 1 fully saturated rings. The number of imidazole rings is 1. The monoisotopic (exact) mass is 329 g/mol. The Balaban J connectivity index is 1.50. The lowest BCUT2D eigenvalue weighted by Crippen LogP contribution is -2.44. The number of β-amino-alcohol motifs (C(OH)–C–C–N with tert-alkyl or cyclic N) is 1. The molecular formula is C19H27N3O2. The number of hydrogen-bond acceptors (Lipinski definition) is 4. The fraction of sp³-hybridized carbons (Fsp3) is 0.526. The zero-order chi connectivity index (χ0) is 16.9. The number of benzene rings is 1. The van der Waals surface area contributed by atoms with Crippen molar-refractivity contribution in [1.82, 2.24) is 14.5 Å². The topological polar surface area (TPSA) is 50.5 Å². The maximum absolute atomic E-state index is 10.3. The summed E-state index contributed by atoms with van der Waals surface area (Å²) in [5.74, 6) is 1.44. The van der Waals surface area contributed by atoms with E-state index in [9.17, 15) is 5.11 Å². The van der Waals surface area contributed by atoms with Crippen molar-refractivity contribution in [3.63, 3.8) is 0 Å². The van der Waals surface area contributed by atoms with Crippen LogP contribution in [-0.2, 0) is 0 Å². The summed E-state index contributed by atoms with van der Waals surface area (Å²) in [6.45, 7) is 7.26. The number of hydrogen-bond donors (Lipinski definition) is 1. The molecule has 1 aliphatic heterocycles. The Morgan fingerprint density at radius 2 is 2.29 bits per heavy atom. The highest BCUT2D eigenvalue weighted by Crippen LogP contribution is 2.27. The molecule has 1 aromatic carbocycles. The van der Waals surface area contributed by atoms with Gasteiger partial charge < -0.3 is 14.4 Å². The zero-order valence-electron chi connectivity index (χ0n) is 14.5. The van der Waals surface area contributed by atoms with Crippen molar-refractivity contribution >= 4 is 0 Å². The van der Waals surface area contributed by atoms with Crippen LogP contribution in [0.1, 0.15) is 24.9 Å². The Labute approximate surface area is 143 Å². The summed E-state index contributed by atoms with van der Waals surface area (Å²) in [5.41, 5.74) is 1.16. The molecule has 0 bridgehead atoms. The van der Waals surface area contributed by atoms with E-state index in [0.29, 0.717) is 25.1 Å². The second kappa shape index (κ2) is 7.81. The van der Waals surface area contributed by atoms with Crippen molar-refractivity contribution in [3.8, 4) is 5.75 Å². The molecule has 3 rings (SSSR count). The van der Waals surface area contributed by atoms with Crippen LogP contribution in [0.5, 0.6) is 5.75 Å². The highest BCUT2D eigenvalue weighted by atomic mass is 16.5. The van der Waals surface area contributed by atoms with Gasteiger partial charge in [0.25, 0.3) is 0 Å². The summed E-state index contributed by atoms with van der Waals surface area (Å²) in [6, 6.07) is 8.35. The van der Waals surface area contributed by atoms with Crippen LogP contribution in [0, 0.1) is 12.8 Å². The van der Waals surface area contributed by atoms with Crippen molar-refractivity contribution in [1.29, 1.82) is 0 Å². The minimum atomic E-state index is -0.484. The lowest BCUT2D eigenvalue weighted by molar-refractivity contribution is 0.0427. The normalized spacial score (nSPS) is 23.1. The summed E-state index contributed by atoms with van der Waals surface area (Å²) in [5, 5.41) is 10.3. The molecule has 24 heavy (non-hydrogen) atoms. The van der Waals surface area contributed by atoms with Crippen LogP contribution in [0.4, 0.5) is 0 Å². The summed E-state index contributed by atoms with van der Waals surface area (Å²) >= 11 is 0. The standard InChI is InChI=1S/C19H27N3O2/c1-15-4-3-5-18(10-15)24-13-17(23)11-21-8-6-16(2)19(12-21)22-9-7-20-14-22/h3-5,7,9-10,14,16-17,19,23H,6,8,11-13H2,1-2H3. The molecule has 1 saturated heterocycles. The Morgan fingerprint density at radius 1 is 1.42 bits per heavy atom. The van der Waals surface area contributed by atoms with Gasteiger partial charge in [0.2, 0.25) is 0 Å². The van der Waals surface area contributed by atoms with E-state index in [2.05, 4.69) is 21.4 Å². The second-order valence-electron chi connectivity index (χ2n) is 6.88. The average Bonchev–Trinajstić information content (AvgIpc) is 3.09. The van der Waals surface area contributed by atoms with Gasteiger partial charge in [0.05, 0.1) is 6.33 Å². The van der Waals surface area contributed by atoms with Crippen molar-refractivity contribution in [2.75, 3.05) is 26.2 Å². The van der Waals surface area contributed by atoms with Crippen molar-refractivity contribution in [2.24, 2.45) is 5.92 Å². The summed E-state index contributed by atoms with van der Waals surface area (Å²) in [4.78, 5) is 6.49. The molecule has 0 saturated carbocycles. The van der Waals surface area contributed by atoms with Gasteiger partial charge in [0.1, 0.15) is 18.5 Å². The van der Waals surface area contributed by atoms with E-state index < -0.39 is 6.10 Å². The van der Waals surface area contributed by atoms with Gasteiger partial charge in [0, 0.05) is 31.5 Å². The number of aliphatic hydroxyl groups excluding tert-OH is 1. The molecule has 1 aliphatic rings. The molecule has 0 radical (unpaired) electrons. The van der Waals surface area contributed by atoms with Crippen LogP contribution in [-0.4, -0.2) is 51.9 Å². The number of aromatic nitrogens is 2. The fourth-order valence-electron chi connectivity index (χ4n) is 3.38. The number of nitrogens with zero attached hydrogens (tertiary/aromatic N) is 3. The molecule has 130 valence electrons. The molecular weight excluding hydrogens is 302 g/mol. The van der Waals surface area contributed by atoms with E-state index in [1.165, 1.54) is 0 Å². The molecule has 5 heteroatoms. The third-order valence-corrected chi connectivity index (χ3v) is 4.81. The molecule has 3 unspecified atom stereocenters. The number of aryl methyl sites for hydroxylation is 1. The minimum Gasteiger partial charge on any atom is -0.491 e. The molecule has 0 aliphatic carbocycles. The van der Waals surface area contributed by atoms with Crippen LogP contribution in [0.15, 0.2) is 43.0 Å². The van der Waals surface area contributed by atoms with Crippen molar-refractivity contribution in [3.05, 3.63) is 48.5 Å². The zero-order valence-corrected chi connectivity index (χ0v) is 14.5. The largest absolute Gasteiger partial charge is 0.491 e. The first-order valence-electron chi connectivity index (χ1n) is 8.69. The molecule has 2 aromatic rings. The predicted octanol–water partition coefficient (Wildman–Crippen LogP) is 2.51. The number of aliphatic hydroxyl groups is 1. The Bertz CT molecular complexity index is 629. The SMILES string of the molecule is Cc1cccc(OCC(O)CN2CCC(C)C(n3ccnc3)C2)c1. The third-order valence-electron chi connectivity index (χ3n) is 4.81. The lowest BCUT2D eigenvalue weighted by atomic mass is 9.93. The number of rotatable bonds is 6. The molecule has 3 atom stereocenters. The maximum atomic E-state index is 10.3. The molecule has 5 nitrogen and oxygen atoms in total. The lowest BCUT2D eigenvalue weighted by Gasteiger charge is -2.38. The number of piperidine rings is 1. The van der Waals surface area contributed by atoms with Crippen LogP contribution in [0.25, 0.3) is 0 Å². The summed E-state index contributed by atoms with van der Waals surface area (Å²) < 4.78 is 7.91. The highest BCUT2D eigenvalue weighted by molar-refractivity contribution is 5.27. The van der Waals surface area contributed by atoms with Gasteiger partial charge in [-0.25, -0.2) is 4.98 Å². The molecule has 0 spiro atoms. The van der Waals surface area contributed by atoms with Gasteiger partial charge in [-0.05, 0) is 43.5 Å². The van der Waals surface area contributed by atoms with Crippen LogP contribution < -0.4 is 4.74 Å². The van der Waals surface area contributed by atoms with E-state index >= 15 is 0 Å². The number of likely N-dealkylation sites (tertiary alicyclic amines) is 1. The Morgan fingerprint density at radius 3 is 3.04 bits per heavy atom. The molecule has 2 heterocycles. The quantitative estimate of drug-likeness (QED) is 0.885. The summed E-state index contributed by atoms with van der Waals surface area (Å²) in [6.07, 6.45) is 6.40. The van der Waals surface area contributed by atoms with Gasteiger partial charge in [-0.1, -0.05) is 19.1 Å². The van der Waals surface area contributed by atoms with Gasteiger partial charge >= 0.3 is 0 Å². The van der Waals surface area contributed by atoms with Crippen LogP contribution >= 0.6 is 0 Å². The number of ether oxygens (including phenoxy) is 1. The third kappa shape index (κ3) is 4.36. The molecule has 1 aromatic heterocycles. The first-order valence-corrected chi connectivity index (χ1v) is 8.69. The van der Waals surface area contributed by atoms with Crippen LogP contribution in [0.3, 0.4) is 0 Å². The van der Waals surface area contributed by atoms with E-state index in [4.69, 9.17) is 4.74 Å². The smallest absolute Gasteiger partial charge is 0.119 e. The van der Waals surface area contributed by atoms with E-state index in [-0.39, 0.29) is 0 Å². The van der Waals surface area contributed by atoms with Gasteiger partial charge in [-0.3, -0.25) is 4.90 Å². The maximum Gasteiger partial charge on any atom is 0.119 e. The Hall–Kier alpha value is -1.85. The van der Waals surface area contributed by atoms with Crippen LogP contribution in [0.2, 0.25) is 0 Å². The van der Waals surface area contributed by atoms with E-state index in [1.807, 2.05) is 49.9 Å². The summed E-state index contributed by atoms with van der Waals surface area (Å²) in [7, 11) is 0. The predicted molar refractivity (Wildman–Crippen MR) is 94.2 cm³/mol. The minimum absolute atomic E-state index is 0.325. The fourth-order valence-corrected chi connectivity index (χ4v) is 3.38. The molecule has 1 N–H and O–H groups in total. The van der Waals surface area contributed by atoms with Gasteiger partial charge in [-0.2, -0.15) is 0 Å². The first-order chi connectivity index (χ1) is 11.6. The highest BCUT2D eigenvalue weighted by Gasteiger charge is 2.28. The van der Waals surface area contributed by atoms with Crippen molar-refractivity contribution < 1.29 is 9.84 Å². The average molecular weight is 329 g/mol. The van der Waals surface area contributed by atoms with Crippen molar-refractivity contribution in [2.45, 2.75) is 32.4 Å². The Kier molecular flexibility index (Phi) is 5.53. The van der Waals surface area contributed by atoms with Gasteiger partial charge in [-0.15, -0.1) is 0 Å². The van der Waals surface area contributed by atoms with E-state index in [1.54, 1.807) is 0 Å². The first kappa shape index (κ1) is 17.0. The van der Waals surface area contributed by atoms with E-state index in [0.717, 1.165) is 30.8 Å².